The Morgan fingerprint density at radius 3 is 2.71 bits per heavy atom. The Morgan fingerprint density at radius 1 is 1.14 bits per heavy atom. The Hall–Kier alpha value is -0.721. The number of benzene rings is 2. The van der Waals surface area contributed by atoms with Crippen LogP contribution in [0.5, 0.6) is 11.5 Å². The molecule has 0 amide bonds. The van der Waals surface area contributed by atoms with Crippen LogP contribution in [0.25, 0.3) is 0 Å². The van der Waals surface area contributed by atoms with Crippen LogP contribution in [0.1, 0.15) is 5.56 Å². The molecule has 0 N–H and O–H groups in total. The number of para-hydroxylation sites is 1. The van der Waals surface area contributed by atoms with Crippen LogP contribution in [-0.4, -0.2) is 25.4 Å². The molecule has 0 unspecified atom stereocenters. The van der Waals surface area contributed by atoms with E-state index in [9.17, 15) is 0 Å². The third-order valence-corrected chi connectivity index (χ3v) is 7.78. The number of rotatable bonds is 0. The maximum absolute atomic E-state index is 6.22. The molecule has 108 valence electrons. The zero-order valence-corrected chi connectivity index (χ0v) is 16.8. The van der Waals surface area contributed by atoms with E-state index < -0.39 is 19.2 Å². The molecular weight excluding hydrogens is 460 g/mol. The van der Waals surface area contributed by atoms with Crippen LogP contribution in [0, 0.1) is 0 Å². The van der Waals surface area contributed by atoms with E-state index in [0.717, 1.165) is 15.8 Å². The summed E-state index contributed by atoms with van der Waals surface area (Å²) < 4.78 is 13.2. The fourth-order valence-corrected chi connectivity index (χ4v) is 7.57. The van der Waals surface area contributed by atoms with Crippen LogP contribution in [0.4, 0.5) is 5.69 Å². The predicted octanol–water partition coefficient (Wildman–Crippen LogP) is 5.33. The Morgan fingerprint density at radius 2 is 1.90 bits per heavy atom. The van der Waals surface area contributed by atoms with Crippen molar-refractivity contribution in [2.45, 2.75) is 9.88 Å². The molecule has 3 nitrogen and oxygen atoms in total. The summed E-state index contributed by atoms with van der Waals surface area (Å²) in [6.45, 7) is 0. The number of nitrogens with zero attached hydrogens (tertiary/aromatic N) is 1. The molecule has 0 bridgehead atoms. The molecule has 3 rings (SSSR count). The zero-order valence-electron chi connectivity index (χ0n) is 11.6. The predicted molar refractivity (Wildman–Crippen MR) is 91.6 cm³/mol. The van der Waals surface area contributed by atoms with E-state index in [2.05, 4.69) is 30.8 Å². The zero-order chi connectivity index (χ0) is 15.0. The quantitative estimate of drug-likeness (QED) is 0.485. The summed E-state index contributed by atoms with van der Waals surface area (Å²) in [5.41, 5.74) is 1.65. The number of halogens is 2. The van der Waals surface area contributed by atoms with Crippen molar-refractivity contribution in [1.82, 2.24) is 0 Å². The molecule has 1 aliphatic rings. The summed E-state index contributed by atoms with van der Waals surface area (Å²) in [5, 5.41) is 0.614. The van der Waals surface area contributed by atoms with Crippen LogP contribution in [-0.2, 0) is 0 Å². The number of fused-ring (bicyclic) bond motifs is 2. The van der Waals surface area contributed by atoms with Gasteiger partial charge in [0.25, 0.3) is 0 Å². The molecule has 2 aromatic carbocycles. The van der Waals surface area contributed by atoms with Crippen molar-refractivity contribution < 1.29 is 6.15 Å². The first kappa shape index (κ1) is 15.2. The third-order valence-electron chi connectivity index (χ3n) is 2.95. The van der Waals surface area contributed by atoms with E-state index in [1.807, 2.05) is 30.3 Å². The first-order valence-corrected chi connectivity index (χ1v) is 15.7. The van der Waals surface area contributed by atoms with Gasteiger partial charge in [-0.05, 0) is 0 Å². The van der Waals surface area contributed by atoms with E-state index in [1.54, 1.807) is 12.3 Å². The Balaban J connectivity index is 2.20. The van der Waals surface area contributed by atoms with E-state index in [-0.39, 0.29) is 0 Å². The molecule has 0 saturated heterocycles. The molecular formula is C15H13BrClNO2Sn. The maximum atomic E-state index is 6.22. The van der Waals surface area contributed by atoms with Gasteiger partial charge in [0, 0.05) is 0 Å². The van der Waals surface area contributed by atoms with Gasteiger partial charge in [-0.15, -0.1) is 0 Å². The van der Waals surface area contributed by atoms with Crippen LogP contribution in [0.2, 0.25) is 14.9 Å². The molecule has 0 radical (unpaired) electrons. The third kappa shape index (κ3) is 3.38. The van der Waals surface area contributed by atoms with E-state index in [4.69, 9.17) is 17.7 Å². The fraction of sp³-hybridized carbons (Fsp3) is 0.133. The summed E-state index contributed by atoms with van der Waals surface area (Å²) in [6.07, 6.45) is 1.79. The fourth-order valence-electron chi connectivity index (χ4n) is 2.09. The van der Waals surface area contributed by atoms with Gasteiger partial charge in [-0.3, -0.25) is 0 Å². The van der Waals surface area contributed by atoms with Crippen molar-refractivity contribution in [3.8, 4) is 11.5 Å². The molecule has 0 aromatic heterocycles. The second-order valence-corrected chi connectivity index (χ2v) is 15.6. The van der Waals surface area contributed by atoms with Gasteiger partial charge in [0.1, 0.15) is 0 Å². The van der Waals surface area contributed by atoms with E-state index in [1.165, 1.54) is 0 Å². The summed E-state index contributed by atoms with van der Waals surface area (Å²) >= 11 is 6.40. The molecule has 0 aliphatic carbocycles. The van der Waals surface area contributed by atoms with Gasteiger partial charge >= 0.3 is 143 Å². The normalized spacial score (nSPS) is 15.6. The van der Waals surface area contributed by atoms with E-state index >= 15 is 0 Å². The summed E-state index contributed by atoms with van der Waals surface area (Å²) in [4.78, 5) is 8.67. The summed E-state index contributed by atoms with van der Waals surface area (Å²) in [6, 6.07) is 11.4. The number of aliphatic imine (C=N–C) groups is 1. The van der Waals surface area contributed by atoms with Gasteiger partial charge < -0.3 is 0 Å². The molecule has 0 saturated carbocycles. The molecule has 21 heavy (non-hydrogen) atoms. The summed E-state index contributed by atoms with van der Waals surface area (Å²) in [7, 11) is 0. The van der Waals surface area contributed by atoms with Crippen LogP contribution >= 0.6 is 27.5 Å². The van der Waals surface area contributed by atoms with Crippen molar-refractivity contribution >= 4 is 58.6 Å². The molecule has 1 heterocycles. The van der Waals surface area contributed by atoms with Gasteiger partial charge in [-0.1, -0.05) is 0 Å². The molecule has 0 spiro atoms. The number of hydrogen-bond acceptors (Lipinski definition) is 3. The summed E-state index contributed by atoms with van der Waals surface area (Å²) in [5.74, 6) is 1.52. The molecule has 6 heteroatoms. The van der Waals surface area contributed by atoms with Crippen molar-refractivity contribution in [2.24, 2.45) is 4.99 Å². The van der Waals surface area contributed by atoms with Crippen LogP contribution < -0.4 is 6.15 Å². The Labute approximate surface area is 142 Å². The van der Waals surface area contributed by atoms with Crippen LogP contribution in [0.3, 0.4) is 0 Å². The minimum atomic E-state index is -3.21. The van der Waals surface area contributed by atoms with Crippen molar-refractivity contribution in [3.63, 3.8) is 0 Å². The van der Waals surface area contributed by atoms with E-state index in [0.29, 0.717) is 16.5 Å². The molecule has 0 fully saturated rings. The van der Waals surface area contributed by atoms with Gasteiger partial charge in [0.05, 0.1) is 0 Å². The van der Waals surface area contributed by atoms with Gasteiger partial charge in [-0.25, -0.2) is 0 Å². The Kier molecular flexibility index (Phi) is 4.21. The average Bonchev–Trinajstić information content (AvgIpc) is 2.45. The van der Waals surface area contributed by atoms with Gasteiger partial charge in [0.2, 0.25) is 0 Å². The topological polar surface area (TPSA) is 30.8 Å². The Bertz CT molecular complexity index is 734. The van der Waals surface area contributed by atoms with Crippen molar-refractivity contribution in [2.75, 3.05) is 0 Å². The van der Waals surface area contributed by atoms with Crippen molar-refractivity contribution in [1.29, 1.82) is 0 Å². The molecule has 2 aromatic rings. The minimum absolute atomic E-state index is 0.614. The second-order valence-electron chi connectivity index (χ2n) is 5.14. The first-order valence-electron chi connectivity index (χ1n) is 6.45. The standard InChI is InChI=1S/C13H9BrClNO2.2CH3.Sn/c14-10-5-9(15)6-11(13(10)18)16-7-8-3-1-2-4-12(8)17;;;/h1-7,17-18H;2*1H3;/q;;;+2/p-2. The SMILES string of the molecule is [CH3][Sn]1([CH3])[O]c2ccccc2C=Nc2cc(Cl)cc(Br)c2[O]1. The first-order chi connectivity index (χ1) is 9.94. The monoisotopic (exact) mass is 473 g/mol. The molecule has 1 aliphatic heterocycles. The van der Waals surface area contributed by atoms with Crippen molar-refractivity contribution in [3.05, 3.63) is 51.5 Å². The van der Waals surface area contributed by atoms with Gasteiger partial charge in [0.15, 0.2) is 0 Å². The van der Waals surface area contributed by atoms with Gasteiger partial charge in [-0.2, -0.15) is 0 Å². The molecule has 0 atom stereocenters. The van der Waals surface area contributed by atoms with Crippen LogP contribution in [0.15, 0.2) is 45.9 Å². The average molecular weight is 473 g/mol. The second kappa shape index (κ2) is 5.82. The number of hydrogen-bond donors (Lipinski definition) is 0.